The number of nitrogens with one attached hydrogen (secondary N) is 1. The molecule has 86 heavy (non-hydrogen) atoms. The number of piperidine rings is 2. The molecule has 5 aromatic heterocycles. The summed E-state index contributed by atoms with van der Waals surface area (Å²) in [7, 11) is 0. The van der Waals surface area contributed by atoms with Crippen molar-refractivity contribution in [3.63, 3.8) is 0 Å². The van der Waals surface area contributed by atoms with E-state index in [1.165, 1.54) is 6.39 Å². The van der Waals surface area contributed by atoms with Gasteiger partial charge in [0.15, 0.2) is 34.7 Å². The molecule has 3 N–H and O–H groups in total. The van der Waals surface area contributed by atoms with Crippen molar-refractivity contribution in [1.82, 2.24) is 50.2 Å². The predicted octanol–water partition coefficient (Wildman–Crippen LogP) is 9.37. The molecule has 1 unspecified atom stereocenters. The first-order valence-corrected chi connectivity index (χ1v) is 30.2. The van der Waals surface area contributed by atoms with E-state index in [2.05, 4.69) is 66.7 Å². The van der Waals surface area contributed by atoms with E-state index in [1.54, 1.807) is 0 Å². The lowest BCUT2D eigenvalue weighted by Crippen LogP contribution is -2.55. The Morgan fingerprint density at radius 3 is 2.19 bits per heavy atom. The molecule has 458 valence electrons. The summed E-state index contributed by atoms with van der Waals surface area (Å²) in [5.41, 5.74) is 14.8. The van der Waals surface area contributed by atoms with Gasteiger partial charge in [0.05, 0.1) is 74.0 Å². The topological polar surface area (TPSA) is 243 Å². The first-order valence-electron chi connectivity index (χ1n) is 30.2. The van der Waals surface area contributed by atoms with Crippen LogP contribution in [0.3, 0.4) is 0 Å². The summed E-state index contributed by atoms with van der Waals surface area (Å²) in [6.07, 6.45) is 13.2. The van der Waals surface area contributed by atoms with Gasteiger partial charge >= 0.3 is 6.09 Å². The molecule has 6 aromatic rings. The number of carbonyl (C=O) groups excluding carboxylic acids is 1. The zero-order chi connectivity index (χ0) is 58.1. The number of amidine groups is 1. The molecule has 7 atom stereocenters. The zero-order valence-corrected chi connectivity index (χ0v) is 52.3. The fraction of sp³-hybridized carbons (Fsp3) is 0.590. The van der Waals surface area contributed by atoms with E-state index in [9.17, 15) is 4.79 Å². The lowest BCUT2D eigenvalue weighted by atomic mass is 9.73. The Bertz CT molecular complexity index is 3500. The molecule has 23 nitrogen and oxygen atoms in total. The van der Waals surface area contributed by atoms with E-state index < -0.39 is 11.7 Å². The molecule has 0 saturated carbocycles. The first kappa shape index (κ1) is 61.0. The first-order chi connectivity index (χ1) is 40.6. The standard InChI is InChI=1S/C35H46N8O4.C26H31N9O2.2H2S/c1-22-12-15-42(26-11-10-24(36-6)19-25(22)26)32-29-31(43(40-32)28-9-7-8-18-45-28)38-27(20-37-29)41-16-13-35(14-17-41)21-46-23(2)30(35)39-33(44)47-34(3,4)5;1-15-5-8-35(19-4-3-17(32-21(15)19)24-30-14-37-33-24)25-22-18(11-29-25)31-20(12-28-22)34-9-6-26(7-10-34)13-36-16(2)23(26)27;;/h10-11,19-20,22-23,28,30H,7-9,12-18,21H2,1-5H3,(H,39,44);3-4,12,14-16,23H,5-11,13,27H2,1-2H3;2*1H2/t22-,23-,28?,30+;15-,16-,23+;;/m00../s1. The maximum atomic E-state index is 12.7. The number of nitrogens with two attached hydrogens (primary N) is 1. The highest BCUT2D eigenvalue weighted by Crippen LogP contribution is 2.47. The summed E-state index contributed by atoms with van der Waals surface area (Å²) < 4.78 is 30.7. The largest absolute Gasteiger partial charge is 0.444 e. The van der Waals surface area contributed by atoms with Gasteiger partial charge in [-0.2, -0.15) is 32.0 Å². The third-order valence-electron chi connectivity index (χ3n) is 19.0. The molecule has 13 heterocycles. The SMILES string of the molecule is C[C@@H]1OCC2(CCN(c3cnc4c(n3)CN=C4N3CC[C@H](C)c4nc(-c5ncon5)ccc43)CC2)[C@@H]1N.S.S.[C-]#[N+]c1ccc2c(c1)[C@@H](C)CCN2c1nn(C2CCCCO2)c2nc(N3CCC4(CC3)CO[C@@H](C)[C@H]4NC(=O)OC(C)(C)C)cnc12. The molecule has 5 saturated heterocycles. The average molecular weight is 1210 g/mol. The van der Waals surface area contributed by atoms with E-state index in [-0.39, 0.29) is 68.3 Å². The molecule has 2 spiro atoms. The Morgan fingerprint density at radius 1 is 0.791 bits per heavy atom. The van der Waals surface area contributed by atoms with Crippen LogP contribution in [0.4, 0.5) is 39.3 Å². The molecule has 5 fully saturated rings. The van der Waals surface area contributed by atoms with Crippen LogP contribution in [-0.2, 0) is 25.5 Å². The van der Waals surface area contributed by atoms with Crippen molar-refractivity contribution in [3.8, 4) is 11.5 Å². The molecule has 1 amide bonds. The molecule has 8 aliphatic heterocycles. The minimum absolute atomic E-state index is 0. The van der Waals surface area contributed by atoms with E-state index >= 15 is 0 Å². The van der Waals surface area contributed by atoms with E-state index in [0.29, 0.717) is 48.8 Å². The second-order valence-corrected chi connectivity index (χ2v) is 25.4. The monoisotopic (exact) mass is 1210 g/mol. The number of aromatic nitrogens is 9. The van der Waals surface area contributed by atoms with E-state index in [1.807, 2.05) is 69.0 Å². The smallest absolute Gasteiger partial charge is 0.407 e. The van der Waals surface area contributed by atoms with Crippen molar-refractivity contribution in [2.75, 3.05) is 78.7 Å². The lowest BCUT2D eigenvalue weighted by Gasteiger charge is -2.42. The van der Waals surface area contributed by atoms with Crippen LogP contribution in [0.25, 0.3) is 27.5 Å². The fourth-order valence-electron chi connectivity index (χ4n) is 14.0. The van der Waals surface area contributed by atoms with Crippen LogP contribution in [0.15, 0.2) is 58.6 Å². The number of hydrogen-bond donors (Lipinski definition) is 2. The summed E-state index contributed by atoms with van der Waals surface area (Å²) in [5.74, 6) is 4.55. The summed E-state index contributed by atoms with van der Waals surface area (Å²) in [4.78, 5) is 59.6. The highest BCUT2D eigenvalue weighted by atomic mass is 32.1. The number of rotatable bonds is 6. The third-order valence-corrected chi connectivity index (χ3v) is 19.0. The molecule has 0 bridgehead atoms. The molecular weight excluding hydrogens is 1130 g/mol. The highest BCUT2D eigenvalue weighted by Gasteiger charge is 2.51. The number of nitrogens with zero attached hydrogens (tertiary/aromatic N) is 15. The van der Waals surface area contributed by atoms with Gasteiger partial charge in [-0.3, -0.25) is 4.99 Å². The second kappa shape index (κ2) is 24.5. The molecular formula is C61H81N17O6S2. The summed E-state index contributed by atoms with van der Waals surface area (Å²) in [6.45, 7) is 29.3. The lowest BCUT2D eigenvalue weighted by molar-refractivity contribution is -0.0368. The molecule has 0 radical (unpaired) electrons. The van der Waals surface area contributed by atoms with Gasteiger partial charge in [-0.25, -0.2) is 39.2 Å². The van der Waals surface area contributed by atoms with Crippen LogP contribution in [0.2, 0.25) is 0 Å². The Morgan fingerprint density at radius 2 is 1.49 bits per heavy atom. The average Bonchev–Trinajstić information content (AvgIpc) is 1.80. The van der Waals surface area contributed by atoms with Crippen LogP contribution < -0.4 is 30.7 Å². The summed E-state index contributed by atoms with van der Waals surface area (Å²) >= 11 is 0. The van der Waals surface area contributed by atoms with Gasteiger partial charge < -0.3 is 54.1 Å². The number of aliphatic imine (C=N–C) groups is 1. The number of benzene rings is 1. The highest BCUT2D eigenvalue weighted by molar-refractivity contribution is 7.59. The second-order valence-electron chi connectivity index (χ2n) is 25.4. The van der Waals surface area contributed by atoms with Crippen molar-refractivity contribution >= 4 is 84.6 Å². The van der Waals surface area contributed by atoms with Crippen LogP contribution in [0.5, 0.6) is 0 Å². The number of fused-ring (bicyclic) bond motifs is 4. The zero-order valence-electron chi connectivity index (χ0n) is 50.3. The van der Waals surface area contributed by atoms with Gasteiger partial charge in [0.25, 0.3) is 0 Å². The van der Waals surface area contributed by atoms with Crippen LogP contribution in [0.1, 0.15) is 147 Å². The fourth-order valence-corrected chi connectivity index (χ4v) is 14.0. The molecule has 14 rings (SSSR count). The van der Waals surface area contributed by atoms with Crippen molar-refractivity contribution < 1.29 is 28.3 Å². The number of alkyl carbamates (subject to hydrolysis) is 1. The Balaban J connectivity index is 0.000000179. The summed E-state index contributed by atoms with van der Waals surface area (Å²) in [5, 5.41) is 12.2. The Hall–Kier alpha value is -6.69. The van der Waals surface area contributed by atoms with Gasteiger partial charge in [-0.1, -0.05) is 31.1 Å². The molecule has 25 heteroatoms. The number of carbonyl (C=O) groups is 1. The van der Waals surface area contributed by atoms with Gasteiger partial charge in [0.1, 0.15) is 28.6 Å². The number of amides is 1. The summed E-state index contributed by atoms with van der Waals surface area (Å²) in [6, 6.07) is 9.94. The number of anilines is 5. The predicted molar refractivity (Wildman–Crippen MR) is 338 cm³/mol. The minimum Gasteiger partial charge on any atom is -0.444 e. The Labute approximate surface area is 516 Å². The van der Waals surface area contributed by atoms with Crippen molar-refractivity contribution in [2.45, 2.75) is 161 Å². The van der Waals surface area contributed by atoms with Crippen molar-refractivity contribution in [2.24, 2.45) is 21.6 Å². The normalized spacial score (nSPS) is 25.5. The Kier molecular flexibility index (Phi) is 17.3. The minimum atomic E-state index is -0.562. The number of ether oxygens (including phenoxy) is 4. The van der Waals surface area contributed by atoms with Crippen LogP contribution in [-0.4, -0.2) is 146 Å². The van der Waals surface area contributed by atoms with Gasteiger partial charge in [-0.15, -0.1) is 5.10 Å². The molecule has 0 aliphatic carbocycles. The van der Waals surface area contributed by atoms with E-state index in [0.717, 1.165) is 172 Å². The maximum Gasteiger partial charge on any atom is 0.407 e. The van der Waals surface area contributed by atoms with Gasteiger partial charge in [0, 0.05) is 74.4 Å². The third kappa shape index (κ3) is 11.4. The number of hydrogen-bond acceptors (Lipinski definition) is 20. The van der Waals surface area contributed by atoms with Crippen molar-refractivity contribution in [1.29, 1.82) is 0 Å². The van der Waals surface area contributed by atoms with Crippen molar-refractivity contribution in [3.05, 3.63) is 83.2 Å². The van der Waals surface area contributed by atoms with Crippen LogP contribution in [0, 0.1) is 17.4 Å². The van der Waals surface area contributed by atoms with E-state index in [4.69, 9.17) is 70.8 Å². The molecule has 8 aliphatic rings. The van der Waals surface area contributed by atoms with Gasteiger partial charge in [-0.05, 0) is 122 Å². The quantitative estimate of drug-likeness (QED) is 0.148. The maximum absolute atomic E-state index is 12.7. The van der Waals surface area contributed by atoms with Gasteiger partial charge in [0.2, 0.25) is 12.2 Å². The molecule has 1 aromatic carbocycles. The van der Waals surface area contributed by atoms with Crippen LogP contribution >= 0.6 is 27.0 Å². The number of pyridine rings is 1.